The molecular formula is C9H19NO3S. The van der Waals surface area contributed by atoms with E-state index in [4.69, 9.17) is 0 Å². The topological polar surface area (TPSA) is 63.2 Å². The highest BCUT2D eigenvalue weighted by Gasteiger charge is 2.13. The Morgan fingerprint density at radius 3 is 2.14 bits per heavy atom. The van der Waals surface area contributed by atoms with Gasteiger partial charge >= 0.3 is 0 Å². The second-order valence-electron chi connectivity index (χ2n) is 4.53. The highest BCUT2D eigenvalue weighted by atomic mass is 32.2. The summed E-state index contributed by atoms with van der Waals surface area (Å²) in [5, 5.41) is 2.77. The van der Waals surface area contributed by atoms with Crippen LogP contribution in [0.3, 0.4) is 0 Å². The number of nitrogens with one attached hydrogen (secondary N) is 1. The smallest absolute Gasteiger partial charge is 0.220 e. The van der Waals surface area contributed by atoms with Crippen molar-refractivity contribution < 1.29 is 13.2 Å². The molecule has 0 aliphatic heterocycles. The fraction of sp³-hybridized carbons (Fsp3) is 0.889. The molecule has 0 aliphatic carbocycles. The van der Waals surface area contributed by atoms with Crippen molar-refractivity contribution in [2.24, 2.45) is 0 Å². The predicted molar refractivity (Wildman–Crippen MR) is 56.8 cm³/mol. The molecule has 0 atom stereocenters. The summed E-state index contributed by atoms with van der Waals surface area (Å²) in [6, 6.07) is 0. The van der Waals surface area contributed by atoms with Crippen molar-refractivity contribution in [2.75, 3.05) is 12.0 Å². The number of hydrogen-bond donors (Lipinski definition) is 1. The third-order valence-corrected chi connectivity index (χ3v) is 2.46. The van der Waals surface area contributed by atoms with E-state index in [-0.39, 0.29) is 23.6 Å². The van der Waals surface area contributed by atoms with Crippen LogP contribution in [-0.2, 0) is 14.6 Å². The summed E-state index contributed by atoms with van der Waals surface area (Å²) in [5.74, 6) is -0.0222. The number of sulfone groups is 1. The summed E-state index contributed by atoms with van der Waals surface area (Å²) in [6.07, 6.45) is 1.83. The van der Waals surface area contributed by atoms with Crippen LogP contribution in [0.5, 0.6) is 0 Å². The molecule has 1 amide bonds. The lowest BCUT2D eigenvalue weighted by atomic mass is 10.1. The maximum absolute atomic E-state index is 11.2. The molecule has 0 heterocycles. The zero-order valence-corrected chi connectivity index (χ0v) is 10.1. The lowest BCUT2D eigenvalue weighted by Gasteiger charge is -2.20. The van der Waals surface area contributed by atoms with Crippen LogP contribution in [0, 0.1) is 0 Å². The second-order valence-corrected chi connectivity index (χ2v) is 6.79. The minimum Gasteiger partial charge on any atom is -0.352 e. The minimum absolute atomic E-state index is 0.0740. The molecule has 5 heteroatoms. The summed E-state index contributed by atoms with van der Waals surface area (Å²) in [6.45, 7) is 5.67. The molecule has 0 fully saturated rings. The molecule has 0 aromatic rings. The van der Waals surface area contributed by atoms with Gasteiger partial charge in [-0.2, -0.15) is 0 Å². The van der Waals surface area contributed by atoms with Crippen molar-refractivity contribution in [3.05, 3.63) is 0 Å². The molecule has 1 N–H and O–H groups in total. The van der Waals surface area contributed by atoms with E-state index in [1.807, 2.05) is 20.8 Å². The zero-order valence-electron chi connectivity index (χ0n) is 9.25. The van der Waals surface area contributed by atoms with E-state index < -0.39 is 9.84 Å². The Morgan fingerprint density at radius 2 is 1.79 bits per heavy atom. The Hall–Kier alpha value is -0.580. The third kappa shape index (κ3) is 9.51. The first kappa shape index (κ1) is 13.4. The number of rotatable bonds is 4. The quantitative estimate of drug-likeness (QED) is 0.761. The standard InChI is InChI=1S/C9H19NO3S/c1-9(2,3)10-8(11)6-5-7-14(4,12)13/h5-7H2,1-4H3,(H,10,11). The number of hydrogen-bond acceptors (Lipinski definition) is 3. The van der Waals surface area contributed by atoms with Crippen molar-refractivity contribution in [2.45, 2.75) is 39.2 Å². The third-order valence-electron chi connectivity index (χ3n) is 1.43. The Kier molecular flexibility index (Phi) is 4.58. The monoisotopic (exact) mass is 221 g/mol. The van der Waals surface area contributed by atoms with Crippen LogP contribution in [0.2, 0.25) is 0 Å². The summed E-state index contributed by atoms with van der Waals surface area (Å²) in [4.78, 5) is 11.2. The molecule has 0 aliphatic rings. The summed E-state index contributed by atoms with van der Waals surface area (Å²) in [7, 11) is -2.94. The molecule has 0 aromatic heterocycles. The summed E-state index contributed by atoms with van der Waals surface area (Å²) >= 11 is 0. The second kappa shape index (κ2) is 4.77. The molecular weight excluding hydrogens is 202 g/mol. The van der Waals surface area contributed by atoms with Gasteiger partial charge in [-0.1, -0.05) is 0 Å². The molecule has 0 unspecified atom stereocenters. The van der Waals surface area contributed by atoms with Gasteiger partial charge in [-0.05, 0) is 27.2 Å². The van der Waals surface area contributed by atoms with Crippen molar-refractivity contribution in [1.29, 1.82) is 0 Å². The van der Waals surface area contributed by atoms with Gasteiger partial charge in [-0.3, -0.25) is 4.79 Å². The van der Waals surface area contributed by atoms with Gasteiger partial charge in [-0.25, -0.2) is 8.42 Å². The molecule has 0 radical (unpaired) electrons. The first-order valence-electron chi connectivity index (χ1n) is 4.59. The molecule has 84 valence electrons. The van der Waals surface area contributed by atoms with Crippen LogP contribution in [0.25, 0.3) is 0 Å². The van der Waals surface area contributed by atoms with Crippen LogP contribution in [0.1, 0.15) is 33.6 Å². The maximum Gasteiger partial charge on any atom is 0.220 e. The fourth-order valence-electron chi connectivity index (χ4n) is 0.976. The molecule has 0 spiro atoms. The normalized spacial score (nSPS) is 12.6. The molecule has 0 rings (SSSR count). The summed E-state index contributed by atoms with van der Waals surface area (Å²) < 4.78 is 21.5. The maximum atomic E-state index is 11.2. The van der Waals surface area contributed by atoms with E-state index in [0.29, 0.717) is 6.42 Å². The van der Waals surface area contributed by atoms with Crippen LogP contribution >= 0.6 is 0 Å². The highest BCUT2D eigenvalue weighted by molar-refractivity contribution is 7.90. The SMILES string of the molecule is CC(C)(C)NC(=O)CCCS(C)(=O)=O. The van der Waals surface area contributed by atoms with Gasteiger partial charge in [0.15, 0.2) is 0 Å². The van der Waals surface area contributed by atoms with E-state index in [2.05, 4.69) is 5.32 Å². The highest BCUT2D eigenvalue weighted by Crippen LogP contribution is 2.01. The Bertz CT molecular complexity index is 288. The lowest BCUT2D eigenvalue weighted by Crippen LogP contribution is -2.40. The average Bonchev–Trinajstić information content (AvgIpc) is 1.78. The van der Waals surface area contributed by atoms with Crippen LogP contribution in [0.4, 0.5) is 0 Å². The molecule has 0 bridgehead atoms. The van der Waals surface area contributed by atoms with Gasteiger partial charge in [-0.15, -0.1) is 0 Å². The predicted octanol–water partition coefficient (Wildman–Crippen LogP) is 0.726. The van der Waals surface area contributed by atoms with Crippen molar-refractivity contribution >= 4 is 15.7 Å². The summed E-state index contributed by atoms with van der Waals surface area (Å²) in [5.41, 5.74) is -0.248. The number of carbonyl (C=O) groups excluding carboxylic acids is 1. The Balaban J connectivity index is 3.77. The van der Waals surface area contributed by atoms with E-state index >= 15 is 0 Å². The molecule has 0 saturated carbocycles. The molecule has 14 heavy (non-hydrogen) atoms. The van der Waals surface area contributed by atoms with Gasteiger partial charge in [0, 0.05) is 18.2 Å². The first-order valence-corrected chi connectivity index (χ1v) is 6.65. The van der Waals surface area contributed by atoms with Gasteiger partial charge < -0.3 is 5.32 Å². The van der Waals surface area contributed by atoms with Crippen LogP contribution in [0.15, 0.2) is 0 Å². The van der Waals surface area contributed by atoms with E-state index in [1.54, 1.807) is 0 Å². The molecule has 0 saturated heterocycles. The van der Waals surface area contributed by atoms with Gasteiger partial charge in [0.1, 0.15) is 9.84 Å². The molecule has 4 nitrogen and oxygen atoms in total. The van der Waals surface area contributed by atoms with E-state index in [0.717, 1.165) is 0 Å². The van der Waals surface area contributed by atoms with Gasteiger partial charge in [0.2, 0.25) is 5.91 Å². The number of carbonyl (C=O) groups is 1. The van der Waals surface area contributed by atoms with Crippen molar-refractivity contribution in [3.63, 3.8) is 0 Å². The van der Waals surface area contributed by atoms with Crippen molar-refractivity contribution in [3.8, 4) is 0 Å². The van der Waals surface area contributed by atoms with Crippen molar-refractivity contribution in [1.82, 2.24) is 5.32 Å². The minimum atomic E-state index is -2.94. The van der Waals surface area contributed by atoms with E-state index in [1.165, 1.54) is 6.26 Å². The van der Waals surface area contributed by atoms with Crippen LogP contribution in [-0.4, -0.2) is 31.9 Å². The van der Waals surface area contributed by atoms with Crippen LogP contribution < -0.4 is 5.32 Å². The average molecular weight is 221 g/mol. The zero-order chi connectivity index (χ0) is 11.4. The lowest BCUT2D eigenvalue weighted by molar-refractivity contribution is -0.122. The van der Waals surface area contributed by atoms with Gasteiger partial charge in [0.05, 0.1) is 5.75 Å². The fourth-order valence-corrected chi connectivity index (χ4v) is 1.64. The number of amides is 1. The Labute approximate surface area is 86.0 Å². The van der Waals surface area contributed by atoms with Gasteiger partial charge in [0.25, 0.3) is 0 Å². The first-order chi connectivity index (χ1) is 6.10. The molecule has 0 aromatic carbocycles. The van der Waals surface area contributed by atoms with E-state index in [9.17, 15) is 13.2 Å². The largest absolute Gasteiger partial charge is 0.352 e. The Morgan fingerprint density at radius 1 is 1.29 bits per heavy atom.